The zero-order valence-electron chi connectivity index (χ0n) is 15.8. The number of H-pyrrole nitrogens is 1. The number of hydrogen-bond donors (Lipinski definition) is 2. The number of nitrogens with one attached hydrogen (secondary N) is 2. The number of carbonyl (C=O) groups excluding carboxylic acids is 1. The Bertz CT molecular complexity index is 1280. The second-order valence-electron chi connectivity index (χ2n) is 6.72. The first kappa shape index (κ1) is 20.0. The third-order valence-electron chi connectivity index (χ3n) is 4.54. The van der Waals surface area contributed by atoms with E-state index in [1.54, 1.807) is 38.2 Å². The molecule has 0 radical (unpaired) electrons. The topological polar surface area (TPSA) is 75.6 Å². The van der Waals surface area contributed by atoms with Crippen molar-refractivity contribution in [3.05, 3.63) is 64.3 Å². The number of para-hydroxylation sites is 1. The summed E-state index contributed by atoms with van der Waals surface area (Å²) in [6.07, 6.45) is -4.61. The largest absolute Gasteiger partial charge is 0.417 e. The summed E-state index contributed by atoms with van der Waals surface area (Å²) in [5, 5.41) is 6.87. The molecule has 0 aliphatic rings. The van der Waals surface area contributed by atoms with Crippen LogP contribution in [0.2, 0.25) is 5.02 Å². The number of fused-ring (bicyclic) bond motifs is 1. The minimum Gasteiger partial charge on any atom is -0.338 e. The summed E-state index contributed by atoms with van der Waals surface area (Å²) in [5.74, 6) is 0.0294. The molecule has 0 saturated carbocycles. The van der Waals surface area contributed by atoms with Gasteiger partial charge in [-0.3, -0.25) is 9.48 Å². The molecule has 2 N–H and O–H groups in total. The number of anilines is 1. The maximum atomic E-state index is 13.5. The Labute approximate surface area is 173 Å². The number of imidazole rings is 1. The lowest BCUT2D eigenvalue weighted by Crippen LogP contribution is -2.15. The second kappa shape index (κ2) is 7.17. The molecule has 0 spiro atoms. The number of benzene rings is 2. The number of hydrogen-bond acceptors (Lipinski definition) is 3. The summed E-state index contributed by atoms with van der Waals surface area (Å²) in [7, 11) is 1.69. The standard InChI is InChI=1S/C20H15ClF3N5O/c1-10-8-16(29(2)28-10)26-19(30)13-4-3-5-15-17(13)27-18(25-15)12-7-6-11(21)9-14(12)20(22,23)24/h3-9H,1-2H3,(H,25,27)(H,26,30). The van der Waals surface area contributed by atoms with E-state index in [9.17, 15) is 18.0 Å². The smallest absolute Gasteiger partial charge is 0.338 e. The highest BCUT2D eigenvalue weighted by Crippen LogP contribution is 2.38. The molecule has 0 bridgehead atoms. The average molecular weight is 434 g/mol. The number of aromatic nitrogens is 4. The molecular formula is C20H15ClF3N5O. The minimum absolute atomic E-state index is 0.00869. The van der Waals surface area contributed by atoms with Crippen molar-refractivity contribution in [2.24, 2.45) is 7.05 Å². The van der Waals surface area contributed by atoms with E-state index in [4.69, 9.17) is 11.6 Å². The van der Waals surface area contributed by atoms with Crippen molar-refractivity contribution in [3.8, 4) is 11.4 Å². The van der Waals surface area contributed by atoms with E-state index in [1.807, 2.05) is 0 Å². The van der Waals surface area contributed by atoms with Gasteiger partial charge in [0.05, 0.1) is 22.3 Å². The number of alkyl halides is 3. The van der Waals surface area contributed by atoms with Gasteiger partial charge in [0.2, 0.25) is 0 Å². The Morgan fingerprint density at radius 2 is 1.97 bits per heavy atom. The molecule has 30 heavy (non-hydrogen) atoms. The van der Waals surface area contributed by atoms with Crippen molar-refractivity contribution in [1.82, 2.24) is 19.7 Å². The van der Waals surface area contributed by atoms with Crippen molar-refractivity contribution >= 4 is 34.4 Å². The molecule has 0 saturated heterocycles. The third kappa shape index (κ3) is 3.63. The molecule has 4 rings (SSSR count). The molecule has 2 heterocycles. The second-order valence-corrected chi connectivity index (χ2v) is 7.16. The Morgan fingerprint density at radius 1 is 1.20 bits per heavy atom. The lowest BCUT2D eigenvalue weighted by atomic mass is 10.1. The van der Waals surface area contributed by atoms with E-state index < -0.39 is 17.6 Å². The van der Waals surface area contributed by atoms with Gasteiger partial charge in [-0.25, -0.2) is 4.98 Å². The molecule has 0 fully saturated rings. The van der Waals surface area contributed by atoms with Crippen molar-refractivity contribution in [3.63, 3.8) is 0 Å². The number of halogens is 4. The predicted molar refractivity (Wildman–Crippen MR) is 107 cm³/mol. The lowest BCUT2D eigenvalue weighted by Gasteiger charge is -2.11. The zero-order valence-corrected chi connectivity index (χ0v) is 16.6. The predicted octanol–water partition coefficient (Wildman–Crippen LogP) is 5.20. The molecule has 6 nitrogen and oxygen atoms in total. The maximum Gasteiger partial charge on any atom is 0.417 e. The number of nitrogens with zero attached hydrogens (tertiary/aromatic N) is 3. The van der Waals surface area contributed by atoms with Gasteiger partial charge in [-0.1, -0.05) is 17.7 Å². The van der Waals surface area contributed by atoms with Crippen LogP contribution in [-0.2, 0) is 13.2 Å². The summed E-state index contributed by atoms with van der Waals surface area (Å²) in [6, 6.07) is 9.98. The SMILES string of the molecule is Cc1cc(NC(=O)c2cccc3[nH]c(-c4ccc(Cl)cc4C(F)(F)F)nc23)n(C)n1. The fourth-order valence-electron chi connectivity index (χ4n) is 3.21. The monoisotopic (exact) mass is 433 g/mol. The summed E-state index contributed by atoms with van der Waals surface area (Å²) >= 11 is 5.76. The maximum absolute atomic E-state index is 13.5. The molecule has 154 valence electrons. The van der Waals surface area contributed by atoms with Crippen LogP contribution in [0.3, 0.4) is 0 Å². The summed E-state index contributed by atoms with van der Waals surface area (Å²) in [5.41, 5.74) is 0.572. The Balaban J connectivity index is 1.79. The molecule has 4 aromatic rings. The van der Waals surface area contributed by atoms with Crippen molar-refractivity contribution < 1.29 is 18.0 Å². The number of rotatable bonds is 3. The van der Waals surface area contributed by atoms with Crippen LogP contribution in [-0.4, -0.2) is 25.7 Å². The van der Waals surface area contributed by atoms with Crippen molar-refractivity contribution in [2.45, 2.75) is 13.1 Å². The molecular weight excluding hydrogens is 419 g/mol. The number of aromatic amines is 1. The first-order valence-electron chi connectivity index (χ1n) is 8.81. The van der Waals surface area contributed by atoms with Gasteiger partial charge in [0.1, 0.15) is 17.2 Å². The van der Waals surface area contributed by atoms with Crippen LogP contribution in [0.1, 0.15) is 21.6 Å². The normalized spacial score (nSPS) is 11.8. The number of aryl methyl sites for hydroxylation is 2. The summed E-state index contributed by atoms with van der Waals surface area (Å²) < 4.78 is 42.0. The molecule has 10 heteroatoms. The van der Waals surface area contributed by atoms with Gasteiger partial charge in [-0.2, -0.15) is 18.3 Å². The lowest BCUT2D eigenvalue weighted by molar-refractivity contribution is -0.137. The van der Waals surface area contributed by atoms with Gasteiger partial charge in [0.25, 0.3) is 5.91 Å². The van der Waals surface area contributed by atoms with E-state index in [2.05, 4.69) is 20.4 Å². The highest BCUT2D eigenvalue weighted by Gasteiger charge is 2.35. The average Bonchev–Trinajstić information content (AvgIpc) is 3.23. The Morgan fingerprint density at radius 3 is 2.63 bits per heavy atom. The number of amides is 1. The van der Waals surface area contributed by atoms with Gasteiger partial charge in [0, 0.05) is 23.7 Å². The molecule has 2 aromatic heterocycles. The van der Waals surface area contributed by atoms with E-state index in [0.717, 1.165) is 11.8 Å². The molecule has 0 aliphatic heterocycles. The van der Waals surface area contributed by atoms with Gasteiger partial charge in [0.15, 0.2) is 0 Å². The molecule has 2 aromatic carbocycles. The fraction of sp³-hybridized carbons (Fsp3) is 0.150. The van der Waals surface area contributed by atoms with E-state index in [1.165, 1.54) is 16.8 Å². The molecule has 0 atom stereocenters. The molecule has 0 unspecified atom stereocenters. The van der Waals surface area contributed by atoms with Gasteiger partial charge in [-0.05, 0) is 37.3 Å². The Kier molecular flexibility index (Phi) is 4.77. The summed E-state index contributed by atoms with van der Waals surface area (Å²) in [6.45, 7) is 1.79. The van der Waals surface area contributed by atoms with Gasteiger partial charge in [-0.15, -0.1) is 0 Å². The van der Waals surface area contributed by atoms with E-state index in [-0.39, 0.29) is 27.5 Å². The van der Waals surface area contributed by atoms with Crippen molar-refractivity contribution in [2.75, 3.05) is 5.32 Å². The van der Waals surface area contributed by atoms with Crippen LogP contribution in [0.4, 0.5) is 19.0 Å². The Hall–Kier alpha value is -3.33. The third-order valence-corrected chi connectivity index (χ3v) is 4.78. The minimum atomic E-state index is -4.61. The first-order valence-corrected chi connectivity index (χ1v) is 9.19. The van der Waals surface area contributed by atoms with Crippen LogP contribution in [0, 0.1) is 6.92 Å². The van der Waals surface area contributed by atoms with Crippen LogP contribution < -0.4 is 5.32 Å². The van der Waals surface area contributed by atoms with Gasteiger partial charge < -0.3 is 10.3 Å². The van der Waals surface area contributed by atoms with Crippen LogP contribution in [0.15, 0.2) is 42.5 Å². The number of carbonyl (C=O) groups is 1. The van der Waals surface area contributed by atoms with Gasteiger partial charge >= 0.3 is 6.18 Å². The first-order chi connectivity index (χ1) is 14.1. The fourth-order valence-corrected chi connectivity index (χ4v) is 3.38. The zero-order chi connectivity index (χ0) is 21.6. The van der Waals surface area contributed by atoms with E-state index >= 15 is 0 Å². The van der Waals surface area contributed by atoms with Crippen molar-refractivity contribution in [1.29, 1.82) is 0 Å². The molecule has 0 aliphatic carbocycles. The quantitative estimate of drug-likeness (QED) is 0.466. The van der Waals surface area contributed by atoms with Crippen LogP contribution >= 0.6 is 11.6 Å². The highest BCUT2D eigenvalue weighted by molar-refractivity contribution is 6.30. The highest BCUT2D eigenvalue weighted by atomic mass is 35.5. The van der Waals surface area contributed by atoms with E-state index in [0.29, 0.717) is 11.3 Å². The molecule has 1 amide bonds. The van der Waals surface area contributed by atoms with Crippen LogP contribution in [0.5, 0.6) is 0 Å². The summed E-state index contributed by atoms with van der Waals surface area (Å²) in [4.78, 5) is 20.0. The van der Waals surface area contributed by atoms with Crippen LogP contribution in [0.25, 0.3) is 22.4 Å².